The first-order chi connectivity index (χ1) is 11.1. The lowest BCUT2D eigenvalue weighted by Gasteiger charge is -2.33. The molecule has 24 heavy (non-hydrogen) atoms. The maximum Gasteiger partial charge on any atom is 0.191 e. The fourth-order valence-electron chi connectivity index (χ4n) is 3.57. The Bertz CT molecular complexity index is 567. The van der Waals surface area contributed by atoms with Crippen molar-refractivity contribution in [3.63, 3.8) is 0 Å². The molecule has 8 heteroatoms. The number of aliphatic imine (C=N–C) groups is 1. The van der Waals surface area contributed by atoms with Crippen LogP contribution in [-0.4, -0.2) is 51.1 Å². The number of aryl methyl sites for hydroxylation is 2. The van der Waals surface area contributed by atoms with Crippen LogP contribution in [-0.2, 0) is 13.0 Å². The minimum atomic E-state index is -0.585. The molecule has 1 aliphatic carbocycles. The van der Waals surface area contributed by atoms with Crippen LogP contribution in [0.15, 0.2) is 4.99 Å². The van der Waals surface area contributed by atoms with Gasteiger partial charge in [-0.25, -0.2) is 9.67 Å². The second kappa shape index (κ2) is 8.46. The van der Waals surface area contributed by atoms with Crippen LogP contribution in [0.25, 0.3) is 0 Å². The zero-order valence-electron chi connectivity index (χ0n) is 14.6. The van der Waals surface area contributed by atoms with Gasteiger partial charge in [-0.2, -0.15) is 5.10 Å². The van der Waals surface area contributed by atoms with Crippen LogP contribution < -0.4 is 10.6 Å². The van der Waals surface area contributed by atoms with Crippen molar-refractivity contribution >= 4 is 29.9 Å². The molecule has 1 fully saturated rings. The van der Waals surface area contributed by atoms with Crippen molar-refractivity contribution in [1.29, 1.82) is 0 Å². The number of nitrogens with one attached hydrogen (secondary N) is 2. The van der Waals surface area contributed by atoms with E-state index in [1.165, 1.54) is 6.42 Å². The van der Waals surface area contributed by atoms with Gasteiger partial charge in [-0.15, -0.1) is 24.0 Å². The van der Waals surface area contributed by atoms with E-state index in [1.54, 1.807) is 7.05 Å². The second-order valence-electron chi connectivity index (χ2n) is 6.85. The summed E-state index contributed by atoms with van der Waals surface area (Å²) < 4.78 is 1.98. The summed E-state index contributed by atoms with van der Waals surface area (Å²) in [6.07, 6.45) is 7.16. The smallest absolute Gasteiger partial charge is 0.191 e. The third-order valence-corrected chi connectivity index (χ3v) is 4.90. The minimum Gasteiger partial charge on any atom is -0.388 e. The summed E-state index contributed by atoms with van der Waals surface area (Å²) in [6, 6.07) is 0.288. The number of fused-ring (bicyclic) bond motifs is 1. The van der Waals surface area contributed by atoms with Crippen molar-refractivity contribution in [2.75, 3.05) is 13.6 Å². The summed E-state index contributed by atoms with van der Waals surface area (Å²) in [4.78, 5) is 8.73. The van der Waals surface area contributed by atoms with Crippen LogP contribution in [0.4, 0.5) is 0 Å². The van der Waals surface area contributed by atoms with Crippen LogP contribution in [0, 0.1) is 6.92 Å². The van der Waals surface area contributed by atoms with E-state index in [-0.39, 0.29) is 30.0 Å². The summed E-state index contributed by atoms with van der Waals surface area (Å²) >= 11 is 0. The standard InChI is InChI=1S/C16H28N6O.HI/c1-12-19-14-7-6-13(10-22(14)21-12)20-15(17-2)18-11-16(23)8-4-3-5-9-16;/h13,23H,3-11H2,1-2H3,(H2,17,18,20);1H. The molecular weight excluding hydrogens is 419 g/mol. The average Bonchev–Trinajstić information content (AvgIpc) is 2.91. The molecule has 1 unspecified atom stereocenters. The topological polar surface area (TPSA) is 87.4 Å². The number of halogens is 1. The molecule has 1 saturated carbocycles. The van der Waals surface area contributed by atoms with Gasteiger partial charge in [0.1, 0.15) is 11.6 Å². The Labute approximate surface area is 160 Å². The van der Waals surface area contributed by atoms with Gasteiger partial charge in [-0.3, -0.25) is 4.99 Å². The number of rotatable bonds is 3. The lowest BCUT2D eigenvalue weighted by atomic mass is 9.85. The molecule has 0 saturated heterocycles. The van der Waals surface area contributed by atoms with E-state index in [2.05, 4.69) is 25.7 Å². The van der Waals surface area contributed by atoms with E-state index in [4.69, 9.17) is 0 Å². The van der Waals surface area contributed by atoms with Crippen LogP contribution >= 0.6 is 24.0 Å². The predicted molar refractivity (Wildman–Crippen MR) is 105 cm³/mol. The Kier molecular flexibility index (Phi) is 6.85. The highest BCUT2D eigenvalue weighted by Gasteiger charge is 2.29. The van der Waals surface area contributed by atoms with Gasteiger partial charge in [0.15, 0.2) is 5.96 Å². The van der Waals surface area contributed by atoms with Gasteiger partial charge >= 0.3 is 0 Å². The van der Waals surface area contributed by atoms with Crippen LogP contribution in [0.2, 0.25) is 0 Å². The molecule has 7 nitrogen and oxygen atoms in total. The van der Waals surface area contributed by atoms with Gasteiger partial charge in [0.05, 0.1) is 12.1 Å². The maximum atomic E-state index is 10.6. The molecule has 1 atom stereocenters. The fraction of sp³-hybridized carbons (Fsp3) is 0.812. The molecule has 1 aromatic rings. The van der Waals surface area contributed by atoms with Crippen molar-refractivity contribution in [2.45, 2.75) is 70.1 Å². The van der Waals surface area contributed by atoms with Gasteiger partial charge in [-0.05, 0) is 26.2 Å². The molecule has 136 valence electrons. The Morgan fingerprint density at radius 3 is 2.83 bits per heavy atom. The zero-order chi connectivity index (χ0) is 16.3. The monoisotopic (exact) mass is 448 g/mol. The largest absolute Gasteiger partial charge is 0.388 e. The molecule has 0 spiro atoms. The zero-order valence-corrected chi connectivity index (χ0v) is 16.9. The first kappa shape index (κ1) is 19.4. The summed E-state index contributed by atoms with van der Waals surface area (Å²) in [5.74, 6) is 2.66. The normalized spacial score (nSPS) is 23.1. The number of hydrogen-bond donors (Lipinski definition) is 3. The third kappa shape index (κ3) is 4.81. The first-order valence-corrected chi connectivity index (χ1v) is 8.68. The van der Waals surface area contributed by atoms with E-state index < -0.39 is 5.60 Å². The third-order valence-electron chi connectivity index (χ3n) is 4.90. The highest BCUT2D eigenvalue weighted by molar-refractivity contribution is 14.0. The van der Waals surface area contributed by atoms with E-state index in [0.29, 0.717) is 6.54 Å². The van der Waals surface area contributed by atoms with Crippen molar-refractivity contribution in [3.05, 3.63) is 11.6 Å². The van der Waals surface area contributed by atoms with Crippen LogP contribution in [0.1, 0.15) is 50.2 Å². The molecule has 3 rings (SSSR count). The number of aliphatic hydroxyl groups is 1. The number of guanidine groups is 1. The minimum absolute atomic E-state index is 0. The second-order valence-corrected chi connectivity index (χ2v) is 6.85. The van der Waals surface area contributed by atoms with Crippen molar-refractivity contribution < 1.29 is 5.11 Å². The molecule has 1 aliphatic heterocycles. The molecule has 0 amide bonds. The molecule has 1 aromatic heterocycles. The van der Waals surface area contributed by atoms with Crippen LogP contribution in [0.3, 0.4) is 0 Å². The highest BCUT2D eigenvalue weighted by atomic mass is 127. The lowest BCUT2D eigenvalue weighted by molar-refractivity contribution is 0.00854. The number of hydrogen-bond acceptors (Lipinski definition) is 4. The maximum absolute atomic E-state index is 10.6. The van der Waals surface area contributed by atoms with Gasteiger partial charge < -0.3 is 15.7 Å². The molecule has 0 aromatic carbocycles. The average molecular weight is 448 g/mol. The number of aromatic nitrogens is 3. The summed E-state index contributed by atoms with van der Waals surface area (Å²) in [7, 11) is 1.77. The van der Waals surface area contributed by atoms with E-state index in [1.807, 2.05) is 11.6 Å². The molecule has 3 N–H and O–H groups in total. The lowest BCUT2D eigenvalue weighted by Crippen LogP contribution is -2.51. The first-order valence-electron chi connectivity index (χ1n) is 8.68. The van der Waals surface area contributed by atoms with Crippen LogP contribution in [0.5, 0.6) is 0 Å². The molecule has 2 heterocycles. The Hall–Kier alpha value is -0.900. The van der Waals surface area contributed by atoms with E-state index in [9.17, 15) is 5.11 Å². The number of nitrogens with zero attached hydrogens (tertiary/aromatic N) is 4. The summed E-state index contributed by atoms with van der Waals surface area (Å²) in [5, 5.41) is 21.8. The quantitative estimate of drug-likeness (QED) is 0.370. The molecule has 2 aliphatic rings. The predicted octanol–water partition coefficient (Wildman–Crippen LogP) is 1.38. The van der Waals surface area contributed by atoms with E-state index >= 15 is 0 Å². The molecular formula is C16H29IN6O. The summed E-state index contributed by atoms with van der Waals surface area (Å²) in [6.45, 7) is 3.30. The van der Waals surface area contributed by atoms with Crippen molar-refractivity contribution in [2.24, 2.45) is 4.99 Å². The molecule has 0 radical (unpaired) electrons. The van der Waals surface area contributed by atoms with Gasteiger partial charge in [-0.1, -0.05) is 19.3 Å². The van der Waals surface area contributed by atoms with Crippen molar-refractivity contribution in [1.82, 2.24) is 25.4 Å². The van der Waals surface area contributed by atoms with Gasteiger partial charge in [0.2, 0.25) is 0 Å². The van der Waals surface area contributed by atoms with Gasteiger partial charge in [0, 0.05) is 26.1 Å². The Morgan fingerprint density at radius 1 is 1.38 bits per heavy atom. The Balaban J connectivity index is 0.00000208. The summed E-state index contributed by atoms with van der Waals surface area (Å²) in [5.41, 5.74) is -0.585. The fourth-order valence-corrected chi connectivity index (χ4v) is 3.57. The molecule has 0 bridgehead atoms. The SMILES string of the molecule is CN=C(NCC1(O)CCCCC1)NC1CCc2nc(C)nn2C1.I. The van der Waals surface area contributed by atoms with Crippen molar-refractivity contribution in [3.8, 4) is 0 Å². The van der Waals surface area contributed by atoms with E-state index in [0.717, 1.165) is 62.7 Å². The highest BCUT2D eigenvalue weighted by Crippen LogP contribution is 2.27. The van der Waals surface area contributed by atoms with Gasteiger partial charge in [0.25, 0.3) is 0 Å². The Morgan fingerprint density at radius 2 is 2.12 bits per heavy atom.